The van der Waals surface area contributed by atoms with Crippen LogP contribution in [0.1, 0.15) is 22.3 Å². The van der Waals surface area contributed by atoms with E-state index in [1.807, 2.05) is 0 Å². The van der Waals surface area contributed by atoms with E-state index < -0.39 is 5.41 Å². The molecular formula is C73H46N2O. The molecule has 2 heterocycles. The van der Waals surface area contributed by atoms with Gasteiger partial charge in [-0.05, 0) is 151 Å². The number of aromatic nitrogens is 1. The molecule has 3 heteroatoms. The first-order valence-electron chi connectivity index (χ1n) is 26.2. The van der Waals surface area contributed by atoms with E-state index in [2.05, 4.69) is 289 Å². The Labute approximate surface area is 440 Å². The summed E-state index contributed by atoms with van der Waals surface area (Å²) in [6.45, 7) is 0. The summed E-state index contributed by atoms with van der Waals surface area (Å²) in [4.78, 5) is 2.44. The van der Waals surface area contributed by atoms with Gasteiger partial charge in [-0.25, -0.2) is 0 Å². The first kappa shape index (κ1) is 42.5. The second-order valence-electron chi connectivity index (χ2n) is 20.3. The van der Waals surface area contributed by atoms with Crippen LogP contribution >= 0.6 is 0 Å². The van der Waals surface area contributed by atoms with E-state index in [9.17, 15) is 0 Å². The van der Waals surface area contributed by atoms with Gasteiger partial charge in [0.05, 0.1) is 16.4 Å². The van der Waals surface area contributed by atoms with Gasteiger partial charge in [0, 0.05) is 49.9 Å². The maximum atomic E-state index is 6.59. The van der Waals surface area contributed by atoms with Crippen molar-refractivity contribution >= 4 is 60.8 Å². The van der Waals surface area contributed by atoms with Crippen molar-refractivity contribution in [3.05, 3.63) is 301 Å². The van der Waals surface area contributed by atoms with E-state index in [0.29, 0.717) is 0 Å². The first-order chi connectivity index (χ1) is 37.7. The zero-order valence-corrected chi connectivity index (χ0v) is 41.4. The molecule has 14 aromatic rings. The molecule has 0 fully saturated rings. The van der Waals surface area contributed by atoms with Gasteiger partial charge in [0.15, 0.2) is 0 Å². The number of nitrogens with zero attached hydrogens (tertiary/aromatic N) is 2. The third kappa shape index (κ3) is 6.17. The highest BCUT2D eigenvalue weighted by atomic mass is 16.3. The molecule has 0 saturated heterocycles. The van der Waals surface area contributed by atoms with Crippen LogP contribution in [0.4, 0.5) is 17.1 Å². The summed E-state index contributed by atoms with van der Waals surface area (Å²) in [5.74, 6) is 0. The lowest BCUT2D eigenvalue weighted by Crippen LogP contribution is -2.26. The van der Waals surface area contributed by atoms with Gasteiger partial charge in [0.2, 0.25) is 0 Å². The third-order valence-electron chi connectivity index (χ3n) is 16.4. The summed E-state index contributed by atoms with van der Waals surface area (Å²) in [5.41, 5.74) is 25.5. The van der Waals surface area contributed by atoms with Crippen molar-refractivity contribution in [3.8, 4) is 61.3 Å². The van der Waals surface area contributed by atoms with E-state index in [4.69, 9.17) is 4.42 Å². The molecule has 12 aromatic carbocycles. The topological polar surface area (TPSA) is 21.3 Å². The van der Waals surface area contributed by atoms with Crippen LogP contribution in [0.3, 0.4) is 0 Å². The second-order valence-corrected chi connectivity index (χ2v) is 20.3. The molecule has 16 rings (SSSR count). The molecule has 0 amide bonds. The van der Waals surface area contributed by atoms with Crippen molar-refractivity contribution < 1.29 is 4.42 Å². The Hall–Kier alpha value is -9.96. The SMILES string of the molecule is c1ccc(-c2cccc3c2oc2ccc(-c4ccc(N(c5ccc(-c6ccc7c(c6)c6ccccc6n7-c6ccccc6)cc5)c5ccc6c(c5)C5(c7ccccc7-c7ccccc75)c5ccccc5-6)cc4)cc23)cc1. The Morgan fingerprint density at radius 2 is 0.776 bits per heavy atom. The molecule has 0 radical (unpaired) electrons. The lowest BCUT2D eigenvalue weighted by Gasteiger charge is -2.32. The molecule has 0 saturated carbocycles. The van der Waals surface area contributed by atoms with E-state index in [1.54, 1.807) is 0 Å². The quantitative estimate of drug-likeness (QED) is 0.159. The first-order valence-corrected chi connectivity index (χ1v) is 26.2. The van der Waals surface area contributed by atoms with Gasteiger partial charge in [-0.1, -0.05) is 200 Å². The molecular weight excluding hydrogens is 921 g/mol. The smallest absolute Gasteiger partial charge is 0.143 e. The second kappa shape index (κ2) is 16.5. The van der Waals surface area contributed by atoms with Crippen LogP contribution in [-0.2, 0) is 5.41 Å². The molecule has 3 nitrogen and oxygen atoms in total. The van der Waals surface area contributed by atoms with Gasteiger partial charge in [0.25, 0.3) is 0 Å². The number of rotatable bonds is 7. The molecule has 76 heavy (non-hydrogen) atoms. The van der Waals surface area contributed by atoms with Crippen LogP contribution in [-0.4, -0.2) is 4.57 Å². The van der Waals surface area contributed by atoms with Gasteiger partial charge in [-0.2, -0.15) is 0 Å². The average molecular weight is 967 g/mol. The predicted octanol–water partition coefficient (Wildman–Crippen LogP) is 19.5. The van der Waals surface area contributed by atoms with E-state index in [0.717, 1.165) is 72.5 Å². The van der Waals surface area contributed by atoms with Crippen LogP contribution in [0, 0.1) is 0 Å². The highest BCUT2D eigenvalue weighted by molar-refractivity contribution is 6.12. The fraction of sp³-hybridized carbons (Fsp3) is 0.0137. The maximum absolute atomic E-state index is 6.59. The van der Waals surface area contributed by atoms with Crippen LogP contribution in [0.5, 0.6) is 0 Å². The molecule has 0 atom stereocenters. The largest absolute Gasteiger partial charge is 0.455 e. The Morgan fingerprint density at radius 3 is 1.43 bits per heavy atom. The fourth-order valence-electron chi connectivity index (χ4n) is 13.1. The van der Waals surface area contributed by atoms with E-state index >= 15 is 0 Å². The molecule has 0 bridgehead atoms. The zero-order valence-electron chi connectivity index (χ0n) is 41.4. The third-order valence-corrected chi connectivity index (χ3v) is 16.4. The highest BCUT2D eigenvalue weighted by Crippen LogP contribution is 2.63. The van der Waals surface area contributed by atoms with Crippen molar-refractivity contribution in [3.63, 3.8) is 0 Å². The number of anilines is 3. The number of para-hydroxylation sites is 3. The van der Waals surface area contributed by atoms with Gasteiger partial charge in [0.1, 0.15) is 11.2 Å². The summed E-state index contributed by atoms with van der Waals surface area (Å²) < 4.78 is 8.96. The summed E-state index contributed by atoms with van der Waals surface area (Å²) >= 11 is 0. The van der Waals surface area contributed by atoms with Crippen molar-refractivity contribution in [1.29, 1.82) is 0 Å². The minimum absolute atomic E-state index is 0.464. The average Bonchev–Trinajstić information content (AvgIpc) is 4.35. The molecule has 0 N–H and O–H groups in total. The van der Waals surface area contributed by atoms with Gasteiger partial charge < -0.3 is 13.9 Å². The van der Waals surface area contributed by atoms with Crippen LogP contribution < -0.4 is 4.90 Å². The Morgan fingerprint density at radius 1 is 0.289 bits per heavy atom. The molecule has 2 aromatic heterocycles. The molecule has 0 aliphatic heterocycles. The van der Waals surface area contributed by atoms with E-state index in [-0.39, 0.29) is 0 Å². The molecule has 2 aliphatic rings. The fourth-order valence-corrected chi connectivity index (χ4v) is 13.1. The summed E-state index contributed by atoms with van der Waals surface area (Å²) in [6.07, 6.45) is 0. The molecule has 0 unspecified atom stereocenters. The zero-order chi connectivity index (χ0) is 49.9. The lowest BCUT2D eigenvalue weighted by molar-refractivity contribution is 0.670. The Kier molecular flexibility index (Phi) is 9.25. The van der Waals surface area contributed by atoms with Gasteiger partial charge >= 0.3 is 0 Å². The van der Waals surface area contributed by atoms with Crippen LogP contribution in [0.15, 0.2) is 283 Å². The number of fused-ring (bicyclic) bond motifs is 16. The minimum Gasteiger partial charge on any atom is -0.455 e. The van der Waals surface area contributed by atoms with Crippen molar-refractivity contribution in [2.75, 3.05) is 4.90 Å². The van der Waals surface area contributed by atoms with Crippen molar-refractivity contribution in [2.24, 2.45) is 0 Å². The van der Waals surface area contributed by atoms with Crippen LogP contribution in [0.25, 0.3) is 105 Å². The van der Waals surface area contributed by atoms with Gasteiger partial charge in [-0.15, -0.1) is 0 Å². The standard InChI is InChI=1S/C73H46N2O/c1-3-16-49(17-4-1)56-24-15-25-62-64-45-51(35-43-71(64)76-72(56)62)48-32-38-54(39-33-48)74(53-36-30-47(31-37-53)50-34-42-70-63(44-50)61-23-10-14-29-69(61)75(70)52-18-5-2-6-19-52)55-40-41-60-59-22-9-13-28-67(59)73(68(60)46-55)65-26-11-7-20-57(65)58-21-8-12-27-66(58)73/h1-46H. The number of hydrogen-bond acceptors (Lipinski definition) is 2. The van der Waals surface area contributed by atoms with Crippen molar-refractivity contribution in [2.45, 2.75) is 5.41 Å². The van der Waals surface area contributed by atoms with Gasteiger partial charge in [-0.3, -0.25) is 0 Å². The predicted molar refractivity (Wildman–Crippen MR) is 315 cm³/mol. The molecule has 354 valence electrons. The molecule has 2 aliphatic carbocycles. The normalized spacial score (nSPS) is 12.8. The molecule has 1 spiro atoms. The minimum atomic E-state index is -0.464. The number of furan rings is 1. The summed E-state index contributed by atoms with van der Waals surface area (Å²) in [5, 5.41) is 4.71. The Bertz CT molecular complexity index is 4560. The number of hydrogen-bond donors (Lipinski definition) is 0. The van der Waals surface area contributed by atoms with Crippen molar-refractivity contribution in [1.82, 2.24) is 4.57 Å². The monoisotopic (exact) mass is 966 g/mol. The highest BCUT2D eigenvalue weighted by Gasteiger charge is 2.51. The van der Waals surface area contributed by atoms with E-state index in [1.165, 1.54) is 71.9 Å². The van der Waals surface area contributed by atoms with Crippen LogP contribution in [0.2, 0.25) is 0 Å². The Balaban J connectivity index is 0.838. The number of benzene rings is 12. The summed E-state index contributed by atoms with van der Waals surface area (Å²) in [6, 6.07) is 102. The maximum Gasteiger partial charge on any atom is 0.143 e. The summed E-state index contributed by atoms with van der Waals surface area (Å²) in [7, 11) is 0. The lowest BCUT2D eigenvalue weighted by atomic mass is 9.70.